The molecule has 3 atom stereocenters. The first-order valence-electron chi connectivity index (χ1n) is 6.68. The van der Waals surface area contributed by atoms with Gasteiger partial charge in [0.25, 0.3) is 0 Å². The number of benzene rings is 1. The first kappa shape index (κ1) is 13.6. The van der Waals surface area contributed by atoms with Crippen molar-refractivity contribution in [2.24, 2.45) is 5.92 Å². The quantitative estimate of drug-likeness (QED) is 0.715. The number of aromatic hydroxyl groups is 1. The Morgan fingerprint density at radius 1 is 1.33 bits per heavy atom. The summed E-state index contributed by atoms with van der Waals surface area (Å²) in [4.78, 5) is 24.8. The van der Waals surface area contributed by atoms with Crippen LogP contribution in [-0.2, 0) is 9.59 Å². The Hall–Kier alpha value is -2.34. The number of carbonyl (C=O) groups is 2. The number of hydrogen-bond acceptors (Lipinski definition) is 4. The number of phenolic OH excluding ortho intramolecular Hbond substituents is 1. The molecule has 1 fully saturated rings. The smallest absolute Gasteiger partial charge is 0.352 e. The highest BCUT2D eigenvalue weighted by molar-refractivity contribution is 6.06. The molecule has 1 saturated heterocycles. The van der Waals surface area contributed by atoms with Crippen LogP contribution in [0.1, 0.15) is 18.9 Å². The van der Waals surface area contributed by atoms with E-state index < -0.39 is 18.0 Å². The van der Waals surface area contributed by atoms with Gasteiger partial charge in [0.15, 0.2) is 0 Å². The topological polar surface area (TPSA) is 98.1 Å². The third-order valence-corrected chi connectivity index (χ3v) is 4.15. The summed E-state index contributed by atoms with van der Waals surface area (Å²) in [5, 5.41) is 28.4. The van der Waals surface area contributed by atoms with Gasteiger partial charge in [-0.3, -0.25) is 4.79 Å². The molecule has 0 spiro atoms. The van der Waals surface area contributed by atoms with Crippen molar-refractivity contribution in [2.75, 3.05) is 0 Å². The average Bonchev–Trinajstić information content (AvgIpc) is 2.74. The zero-order valence-corrected chi connectivity index (χ0v) is 11.4. The largest absolute Gasteiger partial charge is 0.508 e. The predicted octanol–water partition coefficient (Wildman–Crippen LogP) is 0.799. The molecule has 6 heteroatoms. The standard InChI is InChI=1S/C15H15NO5/c1-7(17)12-11-6-10(8-2-4-9(18)5-3-8)13(15(20)21)16(11)14(12)19/h2-5,7,11-12,17-18H,6H2,1H3,(H,20,21)/t7-,11-,12-/m1/s1. The molecule has 1 aromatic carbocycles. The second-order valence-corrected chi connectivity index (χ2v) is 5.43. The van der Waals surface area contributed by atoms with Crippen molar-refractivity contribution < 1.29 is 24.9 Å². The molecule has 0 aromatic heterocycles. The minimum absolute atomic E-state index is 0.0208. The Labute approximate surface area is 120 Å². The van der Waals surface area contributed by atoms with Gasteiger partial charge in [-0.15, -0.1) is 0 Å². The van der Waals surface area contributed by atoms with Crippen LogP contribution in [0, 0.1) is 5.92 Å². The Bertz CT molecular complexity index is 647. The van der Waals surface area contributed by atoms with Crippen molar-refractivity contribution in [3.8, 4) is 5.75 Å². The first-order chi connectivity index (χ1) is 9.91. The van der Waals surface area contributed by atoms with Gasteiger partial charge in [-0.2, -0.15) is 0 Å². The third kappa shape index (κ3) is 1.91. The fourth-order valence-electron chi connectivity index (χ4n) is 3.19. The number of β-lactam (4-membered cyclic amide) rings is 1. The van der Waals surface area contributed by atoms with Gasteiger partial charge in [-0.25, -0.2) is 4.79 Å². The van der Waals surface area contributed by atoms with Crippen molar-refractivity contribution in [2.45, 2.75) is 25.5 Å². The predicted molar refractivity (Wildman–Crippen MR) is 73.1 cm³/mol. The van der Waals surface area contributed by atoms with Gasteiger partial charge in [-0.05, 0) is 36.6 Å². The van der Waals surface area contributed by atoms with Gasteiger partial charge >= 0.3 is 5.97 Å². The lowest BCUT2D eigenvalue weighted by atomic mass is 9.82. The molecule has 3 rings (SSSR count). The summed E-state index contributed by atoms with van der Waals surface area (Å²) >= 11 is 0. The monoisotopic (exact) mass is 289 g/mol. The van der Waals surface area contributed by atoms with Crippen LogP contribution in [0.25, 0.3) is 5.57 Å². The normalized spacial score (nSPS) is 25.6. The maximum absolute atomic E-state index is 12.1. The van der Waals surface area contributed by atoms with E-state index in [1.54, 1.807) is 19.1 Å². The molecule has 2 aliphatic rings. The number of hydrogen-bond donors (Lipinski definition) is 3. The average molecular weight is 289 g/mol. The number of fused-ring (bicyclic) bond motifs is 1. The number of aliphatic carboxylic acids is 1. The second-order valence-electron chi connectivity index (χ2n) is 5.43. The van der Waals surface area contributed by atoms with Crippen LogP contribution in [0.15, 0.2) is 30.0 Å². The second kappa shape index (κ2) is 4.60. The van der Waals surface area contributed by atoms with E-state index in [-0.39, 0.29) is 23.4 Å². The maximum atomic E-state index is 12.1. The fourth-order valence-corrected chi connectivity index (χ4v) is 3.19. The molecule has 0 saturated carbocycles. The first-order valence-corrected chi connectivity index (χ1v) is 6.68. The molecule has 2 aliphatic heterocycles. The summed E-state index contributed by atoms with van der Waals surface area (Å²) in [6.45, 7) is 1.54. The summed E-state index contributed by atoms with van der Waals surface area (Å²) < 4.78 is 0. The molecule has 6 nitrogen and oxygen atoms in total. The molecular weight excluding hydrogens is 274 g/mol. The fraction of sp³-hybridized carbons (Fsp3) is 0.333. The summed E-state index contributed by atoms with van der Waals surface area (Å²) in [6.07, 6.45) is -0.402. The van der Waals surface area contributed by atoms with Gasteiger partial charge in [0.2, 0.25) is 5.91 Å². The zero-order chi connectivity index (χ0) is 15.3. The molecule has 1 aromatic rings. The number of carboxylic acid groups (broad SMARTS) is 1. The van der Waals surface area contributed by atoms with Gasteiger partial charge in [0, 0.05) is 0 Å². The van der Waals surface area contributed by atoms with Crippen LogP contribution in [0.5, 0.6) is 5.75 Å². The van der Waals surface area contributed by atoms with Crippen molar-refractivity contribution in [1.82, 2.24) is 4.90 Å². The maximum Gasteiger partial charge on any atom is 0.352 e. The van der Waals surface area contributed by atoms with Crippen LogP contribution in [-0.4, -0.2) is 44.2 Å². The van der Waals surface area contributed by atoms with Crippen molar-refractivity contribution >= 4 is 17.4 Å². The van der Waals surface area contributed by atoms with E-state index in [4.69, 9.17) is 0 Å². The van der Waals surface area contributed by atoms with Crippen LogP contribution >= 0.6 is 0 Å². The van der Waals surface area contributed by atoms with E-state index in [0.717, 1.165) is 0 Å². The van der Waals surface area contributed by atoms with E-state index >= 15 is 0 Å². The summed E-state index contributed by atoms with van der Waals surface area (Å²) in [6, 6.07) is 5.91. The van der Waals surface area contributed by atoms with E-state index in [1.165, 1.54) is 17.0 Å². The summed E-state index contributed by atoms with van der Waals surface area (Å²) in [5.74, 6) is -1.96. The molecule has 3 N–H and O–H groups in total. The SMILES string of the molecule is C[C@@H](O)[C@H]1C(=O)N2C(C(=O)O)=C(c3ccc(O)cc3)C[C@H]12. The number of carboxylic acids is 1. The number of aliphatic hydroxyl groups is 1. The summed E-state index contributed by atoms with van der Waals surface area (Å²) in [7, 11) is 0. The van der Waals surface area contributed by atoms with Gasteiger partial charge in [-0.1, -0.05) is 12.1 Å². The van der Waals surface area contributed by atoms with E-state index in [1.807, 2.05) is 0 Å². The van der Waals surface area contributed by atoms with Crippen LogP contribution < -0.4 is 0 Å². The molecule has 0 unspecified atom stereocenters. The van der Waals surface area contributed by atoms with E-state index in [0.29, 0.717) is 17.6 Å². The third-order valence-electron chi connectivity index (χ3n) is 4.15. The lowest BCUT2D eigenvalue weighted by Crippen LogP contribution is -2.61. The van der Waals surface area contributed by atoms with Crippen molar-refractivity contribution in [3.05, 3.63) is 35.5 Å². The van der Waals surface area contributed by atoms with Gasteiger partial charge in [0.1, 0.15) is 11.4 Å². The number of amides is 1. The van der Waals surface area contributed by atoms with Crippen LogP contribution in [0.3, 0.4) is 0 Å². The molecule has 110 valence electrons. The van der Waals surface area contributed by atoms with Gasteiger partial charge in [0.05, 0.1) is 18.1 Å². The number of phenols is 1. The molecule has 0 bridgehead atoms. The molecule has 0 radical (unpaired) electrons. The van der Waals surface area contributed by atoms with E-state index in [9.17, 15) is 24.9 Å². The molecule has 0 aliphatic carbocycles. The highest BCUT2D eigenvalue weighted by Crippen LogP contribution is 2.46. The molecule has 21 heavy (non-hydrogen) atoms. The Balaban J connectivity index is 2.02. The summed E-state index contributed by atoms with van der Waals surface area (Å²) in [5.41, 5.74) is 1.20. The molecule has 2 heterocycles. The highest BCUT2D eigenvalue weighted by Gasteiger charge is 2.56. The van der Waals surface area contributed by atoms with Crippen molar-refractivity contribution in [3.63, 3.8) is 0 Å². The Morgan fingerprint density at radius 3 is 2.48 bits per heavy atom. The lowest BCUT2D eigenvalue weighted by molar-refractivity contribution is -0.161. The Morgan fingerprint density at radius 2 is 1.95 bits per heavy atom. The van der Waals surface area contributed by atoms with Crippen molar-refractivity contribution in [1.29, 1.82) is 0 Å². The number of rotatable bonds is 3. The number of carbonyl (C=O) groups excluding carboxylic acids is 1. The lowest BCUT2D eigenvalue weighted by Gasteiger charge is -2.44. The number of nitrogens with zero attached hydrogens (tertiary/aromatic N) is 1. The minimum Gasteiger partial charge on any atom is -0.508 e. The van der Waals surface area contributed by atoms with Crippen LogP contribution in [0.2, 0.25) is 0 Å². The molecular formula is C15H15NO5. The van der Waals surface area contributed by atoms with E-state index in [2.05, 4.69) is 0 Å². The highest BCUT2D eigenvalue weighted by atomic mass is 16.4. The Kier molecular flexibility index (Phi) is 2.98. The van der Waals surface area contributed by atoms with Gasteiger partial charge < -0.3 is 20.2 Å². The molecule has 1 amide bonds. The number of aliphatic hydroxyl groups excluding tert-OH is 1. The van der Waals surface area contributed by atoms with Crippen LogP contribution in [0.4, 0.5) is 0 Å². The minimum atomic E-state index is -1.15. The zero-order valence-electron chi connectivity index (χ0n) is 11.4.